The van der Waals surface area contributed by atoms with E-state index in [9.17, 15) is 0 Å². The number of nitrogens with zero attached hydrogens (tertiary/aromatic N) is 2. The third kappa shape index (κ3) is 2.51. The van der Waals surface area contributed by atoms with Crippen LogP contribution in [0.5, 0.6) is 11.5 Å². The molecule has 112 valence electrons. The Bertz CT molecular complexity index is 759. The Morgan fingerprint density at radius 1 is 1.00 bits per heavy atom. The second-order valence-corrected chi connectivity index (χ2v) is 5.12. The predicted molar refractivity (Wildman–Crippen MR) is 81.8 cm³/mol. The van der Waals surface area contributed by atoms with Crippen LogP contribution in [-0.2, 0) is 11.3 Å². The number of rotatable bonds is 5. The van der Waals surface area contributed by atoms with Crippen LogP contribution in [0.15, 0.2) is 54.9 Å². The molecule has 0 saturated heterocycles. The van der Waals surface area contributed by atoms with Crippen molar-refractivity contribution in [2.75, 3.05) is 6.61 Å². The lowest BCUT2D eigenvalue weighted by Crippen LogP contribution is -2.23. The maximum atomic E-state index is 5.62. The molecule has 4 rings (SSSR count). The Morgan fingerprint density at radius 3 is 2.55 bits per heavy atom. The Morgan fingerprint density at radius 2 is 1.73 bits per heavy atom. The fourth-order valence-electron chi connectivity index (χ4n) is 2.55. The normalized spacial score (nSPS) is 13.8. The third-order valence-electron chi connectivity index (χ3n) is 3.62. The summed E-state index contributed by atoms with van der Waals surface area (Å²) in [6, 6.07) is 15.7. The van der Waals surface area contributed by atoms with Crippen molar-refractivity contribution in [2.45, 2.75) is 19.4 Å². The molecule has 1 aliphatic rings. The highest BCUT2D eigenvalue weighted by Crippen LogP contribution is 2.34. The first-order chi connectivity index (χ1) is 10.9. The van der Waals surface area contributed by atoms with Crippen LogP contribution in [0.25, 0.3) is 11.0 Å². The van der Waals surface area contributed by atoms with E-state index in [0.717, 1.165) is 35.5 Å². The summed E-state index contributed by atoms with van der Waals surface area (Å²) in [5.74, 6) is 1.46. The van der Waals surface area contributed by atoms with Gasteiger partial charge in [-0.05, 0) is 30.7 Å². The molecule has 0 fully saturated rings. The van der Waals surface area contributed by atoms with Crippen LogP contribution < -0.4 is 9.47 Å². The van der Waals surface area contributed by atoms with Gasteiger partial charge in [-0.15, -0.1) is 0 Å². The van der Waals surface area contributed by atoms with Crippen molar-refractivity contribution < 1.29 is 14.2 Å². The predicted octanol–water partition coefficient (Wildman–Crippen LogP) is 3.20. The molecule has 0 bridgehead atoms. The quantitative estimate of drug-likeness (QED) is 0.678. The number of aryl methyl sites for hydroxylation is 1. The summed E-state index contributed by atoms with van der Waals surface area (Å²) in [7, 11) is 0. The Kier molecular flexibility index (Phi) is 3.40. The summed E-state index contributed by atoms with van der Waals surface area (Å²) in [4.78, 5) is 4.37. The van der Waals surface area contributed by atoms with Crippen molar-refractivity contribution in [3.8, 4) is 11.5 Å². The smallest absolute Gasteiger partial charge is 0.361 e. The number of ether oxygens (including phenoxy) is 3. The molecule has 22 heavy (non-hydrogen) atoms. The van der Waals surface area contributed by atoms with Crippen LogP contribution in [0.2, 0.25) is 0 Å². The highest BCUT2D eigenvalue weighted by Gasteiger charge is 2.23. The van der Waals surface area contributed by atoms with Crippen LogP contribution in [0, 0.1) is 0 Å². The molecule has 0 saturated carbocycles. The number of imidazole rings is 1. The molecule has 0 radical (unpaired) electrons. The standard InChI is InChI=1S/C17H16N2O3/c1-2-7-14-13(6-1)18-12-19(14)10-5-11-20-17-21-15-8-3-4-9-16(15)22-17/h1-4,6-9,12,17H,5,10-11H2. The molecule has 0 aliphatic carbocycles. The molecule has 0 unspecified atom stereocenters. The van der Waals surface area contributed by atoms with Gasteiger partial charge in [-0.1, -0.05) is 24.3 Å². The molecular formula is C17H16N2O3. The molecule has 0 amide bonds. The van der Waals surface area contributed by atoms with Crippen molar-refractivity contribution in [1.29, 1.82) is 0 Å². The van der Waals surface area contributed by atoms with Gasteiger partial charge in [0, 0.05) is 6.54 Å². The van der Waals surface area contributed by atoms with Gasteiger partial charge in [0.25, 0.3) is 0 Å². The van der Waals surface area contributed by atoms with E-state index in [1.807, 2.05) is 48.8 Å². The zero-order valence-electron chi connectivity index (χ0n) is 12.0. The lowest BCUT2D eigenvalue weighted by Gasteiger charge is -2.11. The summed E-state index contributed by atoms with van der Waals surface area (Å²) < 4.78 is 18.8. The molecule has 1 aromatic heterocycles. The number of hydrogen-bond acceptors (Lipinski definition) is 4. The number of para-hydroxylation sites is 4. The van der Waals surface area contributed by atoms with Gasteiger partial charge in [0.1, 0.15) is 0 Å². The number of aromatic nitrogens is 2. The zero-order valence-corrected chi connectivity index (χ0v) is 12.0. The highest BCUT2D eigenvalue weighted by atomic mass is 16.9. The average molecular weight is 296 g/mol. The molecule has 3 aromatic rings. The van der Waals surface area contributed by atoms with Crippen molar-refractivity contribution in [3.63, 3.8) is 0 Å². The van der Waals surface area contributed by atoms with Crippen molar-refractivity contribution >= 4 is 11.0 Å². The first-order valence-electron chi connectivity index (χ1n) is 7.34. The third-order valence-corrected chi connectivity index (χ3v) is 3.62. The van der Waals surface area contributed by atoms with Crippen LogP contribution in [0.3, 0.4) is 0 Å². The van der Waals surface area contributed by atoms with Crippen molar-refractivity contribution in [3.05, 3.63) is 54.9 Å². The van der Waals surface area contributed by atoms with Gasteiger partial charge >= 0.3 is 6.48 Å². The summed E-state index contributed by atoms with van der Waals surface area (Å²) in [6.45, 7) is 0.766. The Balaban J connectivity index is 1.28. The van der Waals surface area contributed by atoms with E-state index in [-0.39, 0.29) is 0 Å². The highest BCUT2D eigenvalue weighted by molar-refractivity contribution is 5.74. The molecular weight excluding hydrogens is 280 g/mol. The molecule has 5 nitrogen and oxygen atoms in total. The first kappa shape index (κ1) is 13.2. The van der Waals surface area contributed by atoms with E-state index in [1.165, 1.54) is 0 Å². The average Bonchev–Trinajstić information content (AvgIpc) is 3.15. The number of benzene rings is 2. The van der Waals surface area contributed by atoms with Gasteiger partial charge in [-0.2, -0.15) is 0 Å². The van der Waals surface area contributed by atoms with Crippen LogP contribution >= 0.6 is 0 Å². The van der Waals surface area contributed by atoms with E-state index in [2.05, 4.69) is 15.6 Å². The summed E-state index contributed by atoms with van der Waals surface area (Å²) in [5.41, 5.74) is 2.16. The fourth-order valence-corrected chi connectivity index (χ4v) is 2.55. The van der Waals surface area contributed by atoms with Crippen LogP contribution in [-0.4, -0.2) is 22.6 Å². The van der Waals surface area contributed by atoms with E-state index in [1.54, 1.807) is 0 Å². The topological polar surface area (TPSA) is 45.5 Å². The maximum absolute atomic E-state index is 5.62. The molecule has 5 heteroatoms. The molecule has 0 atom stereocenters. The monoisotopic (exact) mass is 296 g/mol. The van der Waals surface area contributed by atoms with Gasteiger partial charge < -0.3 is 18.8 Å². The van der Waals surface area contributed by atoms with Crippen LogP contribution in [0.1, 0.15) is 6.42 Å². The molecule has 0 spiro atoms. The minimum Gasteiger partial charge on any atom is -0.428 e. The summed E-state index contributed by atoms with van der Waals surface area (Å²) in [5, 5.41) is 0. The molecule has 2 aromatic carbocycles. The number of fused-ring (bicyclic) bond motifs is 2. The van der Waals surface area contributed by atoms with Gasteiger partial charge in [0.05, 0.1) is 24.0 Å². The number of hydrogen-bond donors (Lipinski definition) is 0. The van der Waals surface area contributed by atoms with Gasteiger partial charge in [0.2, 0.25) is 0 Å². The van der Waals surface area contributed by atoms with Crippen LogP contribution in [0.4, 0.5) is 0 Å². The van der Waals surface area contributed by atoms with Gasteiger partial charge in [0.15, 0.2) is 11.5 Å². The SMILES string of the molecule is c1ccc2c(c1)OC(OCCCn1cnc3ccccc31)O2. The fraction of sp³-hybridized carbons (Fsp3) is 0.235. The second-order valence-electron chi connectivity index (χ2n) is 5.12. The minimum absolute atomic E-state index is 0.561. The molecule has 2 heterocycles. The summed E-state index contributed by atoms with van der Waals surface area (Å²) in [6.07, 6.45) is 2.73. The van der Waals surface area contributed by atoms with E-state index in [4.69, 9.17) is 14.2 Å². The lowest BCUT2D eigenvalue weighted by atomic mass is 10.3. The molecule has 0 N–H and O–H groups in total. The maximum Gasteiger partial charge on any atom is 0.361 e. The van der Waals surface area contributed by atoms with Crippen molar-refractivity contribution in [1.82, 2.24) is 9.55 Å². The molecule has 1 aliphatic heterocycles. The van der Waals surface area contributed by atoms with E-state index < -0.39 is 6.48 Å². The Labute approximate surface area is 128 Å². The largest absolute Gasteiger partial charge is 0.428 e. The lowest BCUT2D eigenvalue weighted by molar-refractivity contribution is -0.177. The van der Waals surface area contributed by atoms with Gasteiger partial charge in [-0.3, -0.25) is 0 Å². The second kappa shape index (κ2) is 5.69. The van der Waals surface area contributed by atoms with E-state index in [0.29, 0.717) is 6.61 Å². The summed E-state index contributed by atoms with van der Waals surface area (Å²) >= 11 is 0. The van der Waals surface area contributed by atoms with E-state index >= 15 is 0 Å². The van der Waals surface area contributed by atoms with Crippen molar-refractivity contribution in [2.24, 2.45) is 0 Å². The Hall–Kier alpha value is -2.53. The minimum atomic E-state index is -0.642. The zero-order chi connectivity index (χ0) is 14.8. The first-order valence-corrected chi connectivity index (χ1v) is 7.34. The van der Waals surface area contributed by atoms with Gasteiger partial charge in [-0.25, -0.2) is 4.98 Å².